The maximum atomic E-state index is 6.24. The molecule has 0 fully saturated rings. The molecule has 0 saturated heterocycles. The number of aryl methyl sites for hydroxylation is 1. The second-order valence-corrected chi connectivity index (χ2v) is 6.91. The van der Waals surface area contributed by atoms with E-state index in [-0.39, 0.29) is 0 Å². The van der Waals surface area contributed by atoms with Gasteiger partial charge in [-0.25, -0.2) is 0 Å². The molecule has 104 valence electrons. The first-order valence-electron chi connectivity index (χ1n) is 7.12. The van der Waals surface area contributed by atoms with Gasteiger partial charge in [0, 0.05) is 16.5 Å². The molecule has 0 radical (unpaired) electrons. The maximum Gasteiger partial charge on any atom is 0.0292 e. The van der Waals surface area contributed by atoms with E-state index in [1.165, 1.54) is 27.3 Å². The summed E-state index contributed by atoms with van der Waals surface area (Å²) >= 11 is 8.22. The number of rotatable bonds is 4. The van der Waals surface area contributed by atoms with Gasteiger partial charge in [0.1, 0.15) is 0 Å². The van der Waals surface area contributed by atoms with E-state index in [0.717, 1.165) is 6.42 Å². The van der Waals surface area contributed by atoms with Crippen LogP contribution < -0.4 is 0 Å². The van der Waals surface area contributed by atoms with Gasteiger partial charge in [0.15, 0.2) is 0 Å². The van der Waals surface area contributed by atoms with Crippen LogP contribution in [0.15, 0.2) is 53.4 Å². The molecular weight excluding hydrogens is 284 g/mol. The minimum atomic E-state index is 0.453. The first-order chi connectivity index (χ1) is 9.78. The summed E-state index contributed by atoms with van der Waals surface area (Å²) in [5, 5.41) is 0. The molecule has 3 rings (SSSR count). The van der Waals surface area contributed by atoms with E-state index >= 15 is 0 Å². The summed E-state index contributed by atoms with van der Waals surface area (Å²) in [5.41, 5.74) is 4.20. The van der Waals surface area contributed by atoms with E-state index in [9.17, 15) is 0 Å². The van der Waals surface area contributed by atoms with E-state index in [4.69, 9.17) is 11.6 Å². The van der Waals surface area contributed by atoms with Crippen LogP contribution in [0, 0.1) is 6.92 Å². The van der Waals surface area contributed by atoms with Gasteiger partial charge in [-0.1, -0.05) is 48.0 Å². The molecule has 20 heavy (non-hydrogen) atoms. The topological polar surface area (TPSA) is 0 Å². The van der Waals surface area contributed by atoms with Crippen molar-refractivity contribution in [3.05, 3.63) is 65.2 Å². The Bertz CT molecular complexity index is 576. The highest BCUT2D eigenvalue weighted by Crippen LogP contribution is 2.44. The fourth-order valence-electron chi connectivity index (χ4n) is 2.89. The lowest BCUT2D eigenvalue weighted by Gasteiger charge is -2.19. The van der Waals surface area contributed by atoms with E-state index in [2.05, 4.69) is 55.5 Å². The summed E-state index contributed by atoms with van der Waals surface area (Å²) in [6.45, 7) is 2.13. The third kappa shape index (κ3) is 2.89. The second-order valence-electron chi connectivity index (χ2n) is 5.54. The highest BCUT2D eigenvalue weighted by Gasteiger charge is 2.26. The molecule has 2 unspecified atom stereocenters. The van der Waals surface area contributed by atoms with Crippen molar-refractivity contribution in [1.29, 1.82) is 0 Å². The number of hydrogen-bond acceptors (Lipinski definition) is 1. The number of hydrogen-bond donors (Lipinski definition) is 0. The molecule has 0 spiro atoms. The molecule has 0 bridgehead atoms. The summed E-state index contributed by atoms with van der Waals surface area (Å²) in [5.74, 6) is 2.99. The number of thioether (sulfide) groups is 1. The zero-order chi connectivity index (χ0) is 13.9. The van der Waals surface area contributed by atoms with Gasteiger partial charge in [-0.05, 0) is 42.4 Å². The third-order valence-corrected chi connectivity index (χ3v) is 5.73. The van der Waals surface area contributed by atoms with Crippen LogP contribution in [0.1, 0.15) is 34.9 Å². The van der Waals surface area contributed by atoms with Crippen molar-refractivity contribution in [2.24, 2.45) is 0 Å². The van der Waals surface area contributed by atoms with Gasteiger partial charge in [-0.15, -0.1) is 23.4 Å². The standard InChI is InChI=1S/C18H19ClS/c1-13-6-8-14(9-7-13)15(11-19)10-16-12-20-18-5-3-2-4-17(16)18/h2-9,15-16H,10-12H2,1H3. The Balaban J connectivity index is 1.78. The van der Waals surface area contributed by atoms with Crippen LogP contribution >= 0.6 is 23.4 Å². The van der Waals surface area contributed by atoms with Gasteiger partial charge in [0.2, 0.25) is 0 Å². The normalized spacial score (nSPS) is 18.8. The average molecular weight is 303 g/mol. The van der Waals surface area contributed by atoms with Gasteiger partial charge in [-0.3, -0.25) is 0 Å². The van der Waals surface area contributed by atoms with Crippen molar-refractivity contribution >= 4 is 23.4 Å². The van der Waals surface area contributed by atoms with Crippen molar-refractivity contribution in [2.45, 2.75) is 30.1 Å². The van der Waals surface area contributed by atoms with Crippen LogP contribution in [-0.4, -0.2) is 11.6 Å². The molecule has 0 N–H and O–H groups in total. The molecule has 0 saturated carbocycles. The van der Waals surface area contributed by atoms with Gasteiger partial charge >= 0.3 is 0 Å². The Kier molecular flexibility index (Phi) is 4.38. The number of benzene rings is 2. The Morgan fingerprint density at radius 1 is 1.15 bits per heavy atom. The molecule has 0 aromatic heterocycles. The summed E-state index contributed by atoms with van der Waals surface area (Å²) in [6, 6.07) is 17.6. The Hall–Kier alpha value is -0.920. The van der Waals surface area contributed by atoms with E-state index < -0.39 is 0 Å². The third-order valence-electron chi connectivity index (χ3n) is 4.10. The predicted molar refractivity (Wildman–Crippen MR) is 89.2 cm³/mol. The quantitative estimate of drug-likeness (QED) is 0.663. The number of fused-ring (bicyclic) bond motifs is 1. The molecule has 2 heteroatoms. The van der Waals surface area contributed by atoms with E-state index in [1.807, 2.05) is 11.8 Å². The molecule has 1 aliphatic heterocycles. The number of halogens is 1. The molecule has 1 heterocycles. The largest absolute Gasteiger partial charge is 0.126 e. The second kappa shape index (κ2) is 6.24. The molecule has 0 aliphatic carbocycles. The highest BCUT2D eigenvalue weighted by atomic mass is 35.5. The molecule has 2 atom stereocenters. The first-order valence-corrected chi connectivity index (χ1v) is 8.64. The van der Waals surface area contributed by atoms with Crippen LogP contribution in [0.4, 0.5) is 0 Å². The lowest BCUT2D eigenvalue weighted by atomic mass is 9.87. The van der Waals surface area contributed by atoms with Gasteiger partial charge < -0.3 is 0 Å². The van der Waals surface area contributed by atoms with Crippen molar-refractivity contribution in [2.75, 3.05) is 11.6 Å². The fourth-order valence-corrected chi connectivity index (χ4v) is 4.47. The summed E-state index contributed by atoms with van der Waals surface area (Å²) in [6.07, 6.45) is 1.15. The predicted octanol–water partition coefficient (Wildman–Crippen LogP) is 5.60. The van der Waals surface area contributed by atoms with Crippen molar-refractivity contribution in [3.8, 4) is 0 Å². The van der Waals surface area contributed by atoms with Gasteiger partial charge in [-0.2, -0.15) is 0 Å². The summed E-state index contributed by atoms with van der Waals surface area (Å²) < 4.78 is 0. The van der Waals surface area contributed by atoms with Crippen molar-refractivity contribution < 1.29 is 0 Å². The molecule has 2 aromatic carbocycles. The minimum absolute atomic E-state index is 0.453. The van der Waals surface area contributed by atoms with Crippen LogP contribution in [0.5, 0.6) is 0 Å². The Morgan fingerprint density at radius 3 is 2.65 bits per heavy atom. The maximum absolute atomic E-state index is 6.24. The highest BCUT2D eigenvalue weighted by molar-refractivity contribution is 7.99. The van der Waals surface area contributed by atoms with Crippen LogP contribution in [0.3, 0.4) is 0 Å². The van der Waals surface area contributed by atoms with Crippen LogP contribution in [0.2, 0.25) is 0 Å². The smallest absolute Gasteiger partial charge is 0.0292 e. The first kappa shape index (κ1) is 14.0. The lowest BCUT2D eigenvalue weighted by molar-refractivity contribution is 0.604. The summed E-state index contributed by atoms with van der Waals surface area (Å²) in [4.78, 5) is 1.45. The van der Waals surface area contributed by atoms with Crippen molar-refractivity contribution in [3.63, 3.8) is 0 Å². The van der Waals surface area contributed by atoms with Crippen molar-refractivity contribution in [1.82, 2.24) is 0 Å². The number of alkyl halides is 1. The Labute approximate surface area is 130 Å². The van der Waals surface area contributed by atoms with E-state index in [0.29, 0.717) is 17.7 Å². The van der Waals surface area contributed by atoms with Gasteiger partial charge in [0.05, 0.1) is 0 Å². The van der Waals surface area contributed by atoms with Gasteiger partial charge in [0.25, 0.3) is 0 Å². The molecule has 0 amide bonds. The molecule has 0 nitrogen and oxygen atoms in total. The molecule has 2 aromatic rings. The Morgan fingerprint density at radius 2 is 1.90 bits per heavy atom. The monoisotopic (exact) mass is 302 g/mol. The lowest BCUT2D eigenvalue weighted by Crippen LogP contribution is -2.08. The van der Waals surface area contributed by atoms with E-state index in [1.54, 1.807) is 0 Å². The zero-order valence-electron chi connectivity index (χ0n) is 11.7. The SMILES string of the molecule is Cc1ccc(C(CCl)CC2CSc3ccccc32)cc1. The fraction of sp³-hybridized carbons (Fsp3) is 0.333. The van der Waals surface area contributed by atoms with Crippen LogP contribution in [-0.2, 0) is 0 Å². The molecule has 1 aliphatic rings. The zero-order valence-corrected chi connectivity index (χ0v) is 13.3. The van der Waals surface area contributed by atoms with Crippen LogP contribution in [0.25, 0.3) is 0 Å². The minimum Gasteiger partial charge on any atom is -0.126 e. The average Bonchev–Trinajstić information content (AvgIpc) is 2.89. The molecular formula is C18H19ClS. The summed E-state index contributed by atoms with van der Waals surface area (Å²) in [7, 11) is 0.